The summed E-state index contributed by atoms with van der Waals surface area (Å²) in [4.78, 5) is 29.3. The quantitative estimate of drug-likeness (QED) is 0.577. The lowest BCUT2D eigenvalue weighted by Gasteiger charge is -2.37. The van der Waals surface area contributed by atoms with Gasteiger partial charge in [-0.2, -0.15) is 0 Å². The number of nitrogens with one attached hydrogen (secondary N) is 1. The van der Waals surface area contributed by atoms with Crippen molar-refractivity contribution < 1.29 is 14.3 Å². The Morgan fingerprint density at radius 3 is 2.29 bits per heavy atom. The molecule has 182 valence electrons. The summed E-state index contributed by atoms with van der Waals surface area (Å²) in [5, 5.41) is 3.46. The van der Waals surface area contributed by atoms with E-state index < -0.39 is 5.92 Å². The molecule has 2 aromatic carbocycles. The molecule has 0 spiro atoms. The number of hydrogen-bond donors (Lipinski definition) is 1. The molecule has 0 amide bonds. The molecule has 5 heteroatoms. The minimum Gasteiger partial charge on any atom is -0.459 e. The first-order chi connectivity index (χ1) is 16.9. The van der Waals surface area contributed by atoms with Gasteiger partial charge in [-0.05, 0) is 68.2 Å². The molecule has 1 saturated carbocycles. The molecule has 0 radical (unpaired) electrons. The molecule has 0 aromatic heterocycles. The summed E-state index contributed by atoms with van der Waals surface area (Å²) in [7, 11) is 4.01. The summed E-state index contributed by atoms with van der Waals surface area (Å²) in [5.74, 6) is -0.479. The van der Waals surface area contributed by atoms with E-state index in [0.717, 1.165) is 60.3 Å². The van der Waals surface area contributed by atoms with Gasteiger partial charge in [-0.15, -0.1) is 0 Å². The molecule has 1 heterocycles. The third-order valence-corrected chi connectivity index (χ3v) is 7.64. The molecule has 5 nitrogen and oxygen atoms in total. The van der Waals surface area contributed by atoms with Gasteiger partial charge in [0.2, 0.25) is 0 Å². The van der Waals surface area contributed by atoms with E-state index in [4.69, 9.17) is 4.74 Å². The van der Waals surface area contributed by atoms with Crippen molar-refractivity contribution in [1.82, 2.24) is 5.32 Å². The van der Waals surface area contributed by atoms with Crippen molar-refractivity contribution in [2.45, 2.75) is 63.4 Å². The van der Waals surface area contributed by atoms with Crippen molar-refractivity contribution in [2.75, 3.05) is 19.0 Å². The molecule has 5 rings (SSSR count). The number of dihydropyridines is 1. The fourth-order valence-corrected chi connectivity index (χ4v) is 5.79. The summed E-state index contributed by atoms with van der Waals surface area (Å²) in [6.07, 6.45) is 5.19. The molecule has 2 aliphatic carbocycles. The van der Waals surface area contributed by atoms with Crippen LogP contribution in [0.2, 0.25) is 0 Å². The monoisotopic (exact) mass is 470 g/mol. The topological polar surface area (TPSA) is 58.6 Å². The number of ether oxygens (including phenoxy) is 1. The maximum absolute atomic E-state index is 13.7. The number of esters is 1. The summed E-state index contributed by atoms with van der Waals surface area (Å²) in [5.41, 5.74) is 6.22. The third kappa shape index (κ3) is 4.64. The highest BCUT2D eigenvalue weighted by molar-refractivity contribution is 6.04. The Balaban J connectivity index is 1.54. The highest BCUT2D eigenvalue weighted by Gasteiger charge is 2.42. The van der Waals surface area contributed by atoms with E-state index in [1.54, 1.807) is 0 Å². The Kier molecular flexibility index (Phi) is 6.50. The van der Waals surface area contributed by atoms with E-state index in [2.05, 4.69) is 17.4 Å². The summed E-state index contributed by atoms with van der Waals surface area (Å²) >= 11 is 0. The molecular weight excluding hydrogens is 436 g/mol. The smallest absolute Gasteiger partial charge is 0.337 e. The van der Waals surface area contributed by atoms with Crippen molar-refractivity contribution in [3.05, 3.63) is 88.3 Å². The second-order valence-corrected chi connectivity index (χ2v) is 10.2. The lowest BCUT2D eigenvalue weighted by molar-refractivity contribution is -0.144. The van der Waals surface area contributed by atoms with Gasteiger partial charge in [0.15, 0.2) is 5.78 Å². The van der Waals surface area contributed by atoms with Crippen LogP contribution in [0.1, 0.15) is 68.4 Å². The Morgan fingerprint density at radius 1 is 0.943 bits per heavy atom. The van der Waals surface area contributed by atoms with Crippen LogP contribution in [0.15, 0.2) is 77.1 Å². The van der Waals surface area contributed by atoms with E-state index in [9.17, 15) is 9.59 Å². The number of carbonyl (C=O) groups excluding carboxylic acids is 2. The van der Waals surface area contributed by atoms with Crippen molar-refractivity contribution in [3.63, 3.8) is 0 Å². The number of allylic oxidation sites excluding steroid dienone is 3. The highest BCUT2D eigenvalue weighted by Crippen LogP contribution is 2.46. The molecule has 0 bridgehead atoms. The number of rotatable bonds is 5. The molecule has 2 aromatic rings. The van der Waals surface area contributed by atoms with Crippen molar-refractivity contribution in [2.24, 2.45) is 0 Å². The van der Waals surface area contributed by atoms with Crippen LogP contribution in [0.25, 0.3) is 0 Å². The summed E-state index contributed by atoms with van der Waals surface area (Å²) in [6, 6.07) is 18.4. The van der Waals surface area contributed by atoms with Crippen molar-refractivity contribution >= 4 is 17.4 Å². The maximum Gasteiger partial charge on any atom is 0.337 e. The number of anilines is 1. The Bertz CT molecular complexity index is 1170. The van der Waals surface area contributed by atoms with E-state index >= 15 is 0 Å². The molecular formula is C30H34N2O3. The van der Waals surface area contributed by atoms with E-state index in [1.807, 2.05) is 68.4 Å². The molecule has 1 aliphatic heterocycles. The zero-order valence-electron chi connectivity index (χ0n) is 20.8. The predicted molar refractivity (Wildman–Crippen MR) is 138 cm³/mol. The van der Waals surface area contributed by atoms with Gasteiger partial charge in [0.05, 0.1) is 5.57 Å². The number of hydrogen-bond acceptors (Lipinski definition) is 5. The normalized spacial score (nSPS) is 22.7. The minimum atomic E-state index is -0.416. The molecule has 3 aliphatic rings. The average Bonchev–Trinajstić information content (AvgIpc) is 3.36. The van der Waals surface area contributed by atoms with Crippen LogP contribution in [0.5, 0.6) is 0 Å². The van der Waals surface area contributed by atoms with Crippen LogP contribution in [0.3, 0.4) is 0 Å². The Morgan fingerprint density at radius 2 is 1.63 bits per heavy atom. The first-order valence-electron chi connectivity index (χ1n) is 12.7. The van der Waals surface area contributed by atoms with Crippen LogP contribution in [0.4, 0.5) is 5.69 Å². The van der Waals surface area contributed by atoms with Gasteiger partial charge < -0.3 is 15.0 Å². The maximum atomic E-state index is 13.7. The lowest BCUT2D eigenvalue weighted by atomic mass is 9.71. The molecule has 0 saturated heterocycles. The van der Waals surface area contributed by atoms with Gasteiger partial charge in [0.1, 0.15) is 6.10 Å². The highest BCUT2D eigenvalue weighted by atomic mass is 16.5. The van der Waals surface area contributed by atoms with E-state index in [0.29, 0.717) is 12.0 Å². The standard InChI is InChI=1S/C30H34N2O3/c1-19-27(30(34)35-24-11-7-8-12-24)28(21-13-15-23(16-14-21)32(2)3)29-25(31-19)17-22(18-26(29)33)20-9-5-4-6-10-20/h4-6,9-10,13-16,22,24,28,31H,7-8,11-12,17-18H2,1-3H3. The summed E-state index contributed by atoms with van der Waals surface area (Å²) in [6.45, 7) is 1.94. The molecule has 2 unspecified atom stereocenters. The second-order valence-electron chi connectivity index (χ2n) is 10.2. The van der Waals surface area contributed by atoms with Crippen LogP contribution in [-0.2, 0) is 14.3 Å². The van der Waals surface area contributed by atoms with Gasteiger partial charge >= 0.3 is 5.97 Å². The zero-order valence-corrected chi connectivity index (χ0v) is 20.8. The first-order valence-corrected chi connectivity index (χ1v) is 12.7. The minimum absolute atomic E-state index is 0.0283. The van der Waals surface area contributed by atoms with Gasteiger partial charge in [0.25, 0.3) is 0 Å². The first kappa shape index (κ1) is 23.4. The Hall–Kier alpha value is -3.34. The number of benzene rings is 2. The van der Waals surface area contributed by atoms with E-state index in [1.165, 1.54) is 5.56 Å². The average molecular weight is 471 g/mol. The molecule has 1 fully saturated rings. The van der Waals surface area contributed by atoms with Crippen LogP contribution in [-0.4, -0.2) is 32.0 Å². The van der Waals surface area contributed by atoms with Gasteiger partial charge in [-0.1, -0.05) is 42.5 Å². The molecule has 2 atom stereocenters. The second kappa shape index (κ2) is 9.73. The predicted octanol–water partition coefficient (Wildman–Crippen LogP) is 5.60. The molecule has 1 N–H and O–H groups in total. The number of nitrogens with zero attached hydrogens (tertiary/aromatic N) is 1. The van der Waals surface area contributed by atoms with Gasteiger partial charge in [0, 0.05) is 49.1 Å². The van der Waals surface area contributed by atoms with Crippen molar-refractivity contribution in [3.8, 4) is 0 Å². The van der Waals surface area contributed by atoms with E-state index in [-0.39, 0.29) is 23.8 Å². The Labute approximate surface area is 207 Å². The van der Waals surface area contributed by atoms with Gasteiger partial charge in [-0.3, -0.25) is 4.79 Å². The number of Topliss-reactive ketones (excluding diaryl/α,β-unsaturated/α-hetero) is 1. The number of carbonyl (C=O) groups is 2. The van der Waals surface area contributed by atoms with Gasteiger partial charge in [-0.25, -0.2) is 4.79 Å². The molecule has 35 heavy (non-hydrogen) atoms. The van der Waals surface area contributed by atoms with Crippen LogP contribution in [0, 0.1) is 0 Å². The lowest BCUT2D eigenvalue weighted by Crippen LogP contribution is -2.36. The van der Waals surface area contributed by atoms with Crippen LogP contribution < -0.4 is 10.2 Å². The largest absolute Gasteiger partial charge is 0.459 e. The van der Waals surface area contributed by atoms with Crippen molar-refractivity contribution in [1.29, 1.82) is 0 Å². The third-order valence-electron chi connectivity index (χ3n) is 7.64. The summed E-state index contributed by atoms with van der Waals surface area (Å²) < 4.78 is 5.96. The fourth-order valence-electron chi connectivity index (χ4n) is 5.79. The number of ketones is 1. The SMILES string of the molecule is CC1=C(C(=O)OC2CCCC2)C(c2ccc(N(C)C)cc2)C2=C(CC(c3ccccc3)CC2=O)N1. The fraction of sp³-hybridized carbons (Fsp3) is 0.400. The van der Waals surface area contributed by atoms with Crippen LogP contribution >= 0.6 is 0 Å². The zero-order chi connectivity index (χ0) is 24.5.